The fraction of sp³-hybridized carbons (Fsp3) is 0.238. The maximum atomic E-state index is 2.85. The van der Waals surface area contributed by atoms with Crippen LogP contribution in [0.4, 0.5) is 11.4 Å². The first-order valence-electron chi connectivity index (χ1n) is 41.4. The van der Waals surface area contributed by atoms with E-state index in [-0.39, 0.29) is 0 Å². The van der Waals surface area contributed by atoms with Gasteiger partial charge in [0.15, 0.2) is 8.07 Å². The van der Waals surface area contributed by atoms with Gasteiger partial charge in [-0.15, -0.1) is 0 Å². The van der Waals surface area contributed by atoms with Gasteiger partial charge in [-0.2, -0.15) is 0 Å². The summed E-state index contributed by atoms with van der Waals surface area (Å²) in [6.07, 6.45) is 43.7. The van der Waals surface area contributed by atoms with Crippen LogP contribution in [0, 0.1) is 29.6 Å². The van der Waals surface area contributed by atoms with Crippen molar-refractivity contribution in [2.45, 2.75) is 128 Å². The summed E-state index contributed by atoms with van der Waals surface area (Å²) in [4.78, 5) is 2.62. The number of fused-ring (bicyclic) bond motifs is 4. The molecule has 0 saturated heterocycles. The van der Waals surface area contributed by atoms with Crippen LogP contribution in [0.5, 0.6) is 0 Å². The number of benzene rings is 11. The monoisotopic (exact) mass is 1440 g/mol. The van der Waals surface area contributed by atoms with Crippen LogP contribution in [-0.4, -0.2) is 20.7 Å². The number of rotatable bonds is 18. The Kier molecular flexibility index (Phi) is 19.4. The average molecular weight is 1450 g/mol. The number of allylic oxidation sites excluding steroid dienone is 10. The summed E-state index contributed by atoms with van der Waals surface area (Å²) in [7, 11) is -4.99. The van der Waals surface area contributed by atoms with Crippen molar-refractivity contribution in [1.82, 2.24) is 4.57 Å². The number of hydrogen-bond acceptors (Lipinski definition) is 1. The third-order valence-electron chi connectivity index (χ3n) is 26.9. The first kappa shape index (κ1) is 69.1. The molecule has 5 atom stereocenters. The molecule has 0 bridgehead atoms. The molecule has 1 heterocycles. The highest BCUT2D eigenvalue weighted by Crippen LogP contribution is 2.49. The SMILES string of the molecule is C1=CC(C2=CC(c3ccccc3)=CC(C3CC=C(N(c4ccccc4)c4ccc(-c5ccc(-n6c7c(c8cc(-c9ccc([Si](c%10ccccc%10)(c%10ccccc%10)c%10ccccc%10)cc9)ccc86)CC(C6CC=C([Si](c8ccccc8)(c8ccccc8)C8CCCCC8)CC6)CC7)cc5)c5c4=CCC=5)CC3)C2)CCC1. The predicted octanol–water partition coefficient (Wildman–Crippen LogP) is 21.5. The molecule has 1 aromatic heterocycles. The zero-order chi connectivity index (χ0) is 72.5. The fourth-order valence-electron chi connectivity index (χ4n) is 21.7. The lowest BCUT2D eigenvalue weighted by Crippen LogP contribution is -2.74. The van der Waals surface area contributed by atoms with Crippen LogP contribution < -0.4 is 46.5 Å². The number of nitrogens with zero attached hydrogens (tertiary/aromatic N) is 2. The van der Waals surface area contributed by atoms with Gasteiger partial charge in [0.25, 0.3) is 0 Å². The molecule has 7 aliphatic rings. The smallest absolute Gasteiger partial charge is 0.179 e. The van der Waals surface area contributed by atoms with Crippen molar-refractivity contribution in [2.75, 3.05) is 4.90 Å². The largest absolute Gasteiger partial charge is 0.314 e. The fourth-order valence-corrected chi connectivity index (χ4v) is 32.7. The van der Waals surface area contributed by atoms with E-state index in [4.69, 9.17) is 0 Å². The third kappa shape index (κ3) is 12.9. The van der Waals surface area contributed by atoms with Crippen molar-refractivity contribution < 1.29 is 0 Å². The molecule has 0 amide bonds. The van der Waals surface area contributed by atoms with Crippen molar-refractivity contribution in [2.24, 2.45) is 29.6 Å². The Morgan fingerprint density at radius 1 is 0.413 bits per heavy atom. The Labute approximate surface area is 648 Å². The van der Waals surface area contributed by atoms with E-state index < -0.39 is 16.1 Å². The van der Waals surface area contributed by atoms with Crippen molar-refractivity contribution in [3.63, 3.8) is 0 Å². The van der Waals surface area contributed by atoms with E-state index in [1.807, 2.05) is 5.20 Å². The van der Waals surface area contributed by atoms with Gasteiger partial charge >= 0.3 is 0 Å². The predicted molar refractivity (Wildman–Crippen MR) is 467 cm³/mol. The molecular weight excluding hydrogens is 1350 g/mol. The van der Waals surface area contributed by atoms with Crippen LogP contribution >= 0.6 is 0 Å². The van der Waals surface area contributed by atoms with Crippen LogP contribution in [0.15, 0.2) is 344 Å². The summed E-state index contributed by atoms with van der Waals surface area (Å²) >= 11 is 0. The van der Waals surface area contributed by atoms with Crippen molar-refractivity contribution in [3.05, 3.63) is 371 Å². The molecule has 0 radical (unpaired) electrons. The summed E-state index contributed by atoms with van der Waals surface area (Å²) in [5, 5.41) is 14.8. The van der Waals surface area contributed by atoms with Gasteiger partial charge in [0.05, 0.1) is 11.2 Å². The second-order valence-electron chi connectivity index (χ2n) is 32.7. The quantitative estimate of drug-likeness (QED) is 0.0472. The van der Waals surface area contributed by atoms with Gasteiger partial charge in [-0.1, -0.05) is 340 Å². The standard InChI is InChI=1S/C105H100N2Si2/c1-10-29-76(30-11-1)84-71-85(77-31-12-2-13-32-77)73-86(72-84)80-49-59-88(60-50-80)106(87-33-14-3-15-34-87)103-70-67-98(99-47-28-48-100(99)103)81-51-61-89(62-52-81)107-104-68-57-82(78-53-63-96(64-54-78)108(90-35-16-4-17-36-90,91-37-18-5-19-38-91)92-39-20-6-21-40-92)74-101(104)102-75-83(58-69-105(102)107)79-55-65-97(66-56-79)109(93-41-22-7-23-42-93,94-43-24-8-25-44-94)95-45-26-9-27-46-95/h1,3-8,10-12,14-25,29-31,33-44,47-48,51-54,57,59,61-65,67-68,70-72,74,77,79-80,83,86,95H,2,9,13,26-28,32,45-46,49-50,55-56,58,60,66,69,73,75H2. The number of hydrogen-bond donors (Lipinski definition) is 0. The van der Waals surface area contributed by atoms with Gasteiger partial charge in [0.2, 0.25) is 0 Å². The van der Waals surface area contributed by atoms with Gasteiger partial charge < -0.3 is 9.47 Å². The van der Waals surface area contributed by atoms with E-state index in [2.05, 4.69) is 349 Å². The molecule has 11 aromatic carbocycles. The zero-order valence-corrected chi connectivity index (χ0v) is 65.1. The number of anilines is 2. The van der Waals surface area contributed by atoms with Crippen molar-refractivity contribution in [1.29, 1.82) is 0 Å². The molecule has 2 nitrogen and oxygen atoms in total. The highest BCUT2D eigenvalue weighted by Gasteiger charge is 2.49. The van der Waals surface area contributed by atoms with Crippen LogP contribution in [0.3, 0.4) is 0 Å². The molecule has 538 valence electrons. The normalized spacial score (nSPS) is 20.2. The van der Waals surface area contributed by atoms with Gasteiger partial charge in [0, 0.05) is 33.4 Å². The molecule has 1 fully saturated rings. The second kappa shape index (κ2) is 30.6. The maximum absolute atomic E-state index is 2.85. The molecule has 0 N–H and O–H groups in total. The van der Waals surface area contributed by atoms with Gasteiger partial charge in [0.1, 0.15) is 8.07 Å². The van der Waals surface area contributed by atoms with E-state index in [0.29, 0.717) is 29.6 Å². The van der Waals surface area contributed by atoms with Crippen LogP contribution in [0.25, 0.3) is 56.6 Å². The minimum absolute atomic E-state index is 0.525. The van der Waals surface area contributed by atoms with E-state index in [0.717, 1.165) is 37.6 Å². The summed E-state index contributed by atoms with van der Waals surface area (Å²) < 4.78 is 2.68. The molecule has 12 aromatic rings. The Bertz CT molecular complexity index is 5400. The highest BCUT2D eigenvalue weighted by molar-refractivity contribution is 7.20. The van der Waals surface area contributed by atoms with E-state index >= 15 is 0 Å². The third-order valence-corrected chi connectivity index (χ3v) is 37.5. The van der Waals surface area contributed by atoms with E-state index in [1.165, 1.54) is 194 Å². The lowest BCUT2D eigenvalue weighted by atomic mass is 9.72. The molecule has 109 heavy (non-hydrogen) atoms. The topological polar surface area (TPSA) is 8.17 Å². The Morgan fingerprint density at radius 2 is 0.991 bits per heavy atom. The van der Waals surface area contributed by atoms with Crippen LogP contribution in [0.2, 0.25) is 5.54 Å². The second-order valence-corrected chi connectivity index (χ2v) is 40.7. The molecule has 5 unspecified atom stereocenters. The number of para-hydroxylation sites is 1. The Hall–Kier alpha value is -10.4. The van der Waals surface area contributed by atoms with Crippen LogP contribution in [-0.2, 0) is 12.8 Å². The van der Waals surface area contributed by atoms with Crippen molar-refractivity contribution in [3.8, 4) is 27.9 Å². The molecule has 0 spiro atoms. The highest BCUT2D eigenvalue weighted by atomic mass is 28.3. The summed E-state index contributed by atoms with van der Waals surface area (Å²) in [5.74, 6) is 2.95. The molecule has 0 aliphatic heterocycles. The van der Waals surface area contributed by atoms with E-state index in [1.54, 1.807) is 21.5 Å². The molecule has 19 rings (SSSR count). The van der Waals surface area contributed by atoms with Gasteiger partial charge in [-0.05, 0) is 243 Å². The maximum Gasteiger partial charge on any atom is 0.179 e. The zero-order valence-electron chi connectivity index (χ0n) is 63.1. The minimum Gasteiger partial charge on any atom is -0.314 e. The molecule has 1 saturated carbocycles. The summed E-state index contributed by atoms with van der Waals surface area (Å²) in [6.45, 7) is 0. The summed E-state index contributed by atoms with van der Waals surface area (Å²) in [5.41, 5.74) is 19.9. The Balaban J connectivity index is 0.660. The first-order chi connectivity index (χ1) is 54.0. The minimum atomic E-state index is -2.70. The average Bonchev–Trinajstić information content (AvgIpc) is 1.61. The van der Waals surface area contributed by atoms with E-state index in [9.17, 15) is 0 Å². The van der Waals surface area contributed by atoms with Gasteiger partial charge in [-0.3, -0.25) is 0 Å². The van der Waals surface area contributed by atoms with Crippen LogP contribution in [0.1, 0.15) is 126 Å². The molecule has 4 heteroatoms. The summed E-state index contributed by atoms with van der Waals surface area (Å²) in [6, 6.07) is 112. The van der Waals surface area contributed by atoms with Crippen molar-refractivity contribution >= 4 is 87.3 Å². The molecular formula is C105H100N2Si2. The lowest BCUT2D eigenvalue weighted by Gasteiger charge is -2.46. The number of aromatic nitrogens is 1. The lowest BCUT2D eigenvalue weighted by molar-refractivity contribution is 0.276. The Morgan fingerprint density at radius 3 is 1.61 bits per heavy atom. The first-order valence-corrected chi connectivity index (χ1v) is 45.5. The van der Waals surface area contributed by atoms with Gasteiger partial charge in [-0.25, -0.2) is 0 Å². The molecule has 7 aliphatic carbocycles.